The van der Waals surface area contributed by atoms with Crippen LogP contribution in [-0.4, -0.2) is 27.3 Å². The van der Waals surface area contributed by atoms with Gasteiger partial charge in [-0.05, 0) is 25.8 Å². The Bertz CT molecular complexity index is 501. The van der Waals surface area contributed by atoms with Gasteiger partial charge in [-0.3, -0.25) is 4.79 Å². The monoisotopic (exact) mass is 273 g/mol. The molecule has 0 aliphatic carbocycles. The number of hydrogen-bond donors (Lipinski definition) is 0. The molecule has 104 valence electrons. The molecule has 0 bridgehead atoms. The Morgan fingerprint density at radius 1 is 1.42 bits per heavy atom. The van der Waals surface area contributed by atoms with Crippen molar-refractivity contribution in [2.24, 2.45) is 0 Å². The molecule has 1 amide bonds. The average Bonchev–Trinajstić information content (AvgIpc) is 2.75. The number of nitrogens with zero attached hydrogens (tertiary/aromatic N) is 3. The van der Waals surface area contributed by atoms with Gasteiger partial charge in [-0.25, -0.2) is 9.97 Å². The largest absolute Gasteiger partial charge is 0.433 e. The highest BCUT2D eigenvalue weighted by atomic mass is 19.4. The molecule has 0 aromatic carbocycles. The second-order valence-electron chi connectivity index (χ2n) is 4.62. The van der Waals surface area contributed by atoms with Gasteiger partial charge in [0.05, 0.1) is 6.04 Å². The number of carbonyl (C=O) groups excluding carboxylic acids is 1. The Hall–Kier alpha value is -1.66. The van der Waals surface area contributed by atoms with E-state index in [0.29, 0.717) is 13.0 Å². The summed E-state index contributed by atoms with van der Waals surface area (Å²) in [6.07, 6.45) is -3.15. The van der Waals surface area contributed by atoms with E-state index in [1.54, 1.807) is 0 Å². The first-order valence-corrected chi connectivity index (χ1v) is 5.99. The van der Waals surface area contributed by atoms with Crippen LogP contribution >= 0.6 is 0 Å². The maximum atomic E-state index is 12.7. The molecule has 1 unspecified atom stereocenters. The van der Waals surface area contributed by atoms with Crippen LogP contribution in [0, 0.1) is 6.92 Å². The van der Waals surface area contributed by atoms with Gasteiger partial charge in [0.1, 0.15) is 5.69 Å². The Balaban J connectivity index is 2.40. The van der Waals surface area contributed by atoms with Gasteiger partial charge in [0.25, 0.3) is 0 Å². The normalized spacial score (nSPS) is 19.8. The Morgan fingerprint density at radius 3 is 2.68 bits per heavy atom. The van der Waals surface area contributed by atoms with Gasteiger partial charge in [-0.1, -0.05) is 0 Å². The minimum absolute atomic E-state index is 0.0834. The Kier molecular flexibility index (Phi) is 3.47. The lowest BCUT2D eigenvalue weighted by molar-refractivity contribution is -0.141. The lowest BCUT2D eigenvalue weighted by atomic mass is 10.2. The van der Waals surface area contributed by atoms with E-state index in [4.69, 9.17) is 0 Å². The molecule has 4 nitrogen and oxygen atoms in total. The van der Waals surface area contributed by atoms with Crippen molar-refractivity contribution in [3.8, 4) is 0 Å². The van der Waals surface area contributed by atoms with Crippen molar-refractivity contribution in [1.29, 1.82) is 0 Å². The molecule has 19 heavy (non-hydrogen) atoms. The first-order valence-electron chi connectivity index (χ1n) is 5.99. The number of hydrogen-bond acceptors (Lipinski definition) is 3. The molecule has 1 fully saturated rings. The van der Waals surface area contributed by atoms with Gasteiger partial charge >= 0.3 is 6.18 Å². The van der Waals surface area contributed by atoms with Crippen LogP contribution in [0.25, 0.3) is 0 Å². The first kappa shape index (κ1) is 13.8. The van der Waals surface area contributed by atoms with Crippen LogP contribution in [0.4, 0.5) is 13.2 Å². The second-order valence-corrected chi connectivity index (χ2v) is 4.62. The van der Waals surface area contributed by atoms with Gasteiger partial charge in [-0.15, -0.1) is 0 Å². The quantitative estimate of drug-likeness (QED) is 0.789. The summed E-state index contributed by atoms with van der Waals surface area (Å²) in [5.74, 6) is -0.0822. The van der Waals surface area contributed by atoms with Gasteiger partial charge < -0.3 is 4.90 Å². The van der Waals surface area contributed by atoms with Crippen LogP contribution in [-0.2, 0) is 11.0 Å². The molecule has 1 aromatic heterocycles. The third-order valence-corrected chi connectivity index (χ3v) is 3.12. The molecule has 0 saturated carbocycles. The molecule has 1 aliphatic heterocycles. The molecule has 0 N–H and O–H groups in total. The van der Waals surface area contributed by atoms with Crippen LogP contribution in [0.1, 0.15) is 43.0 Å². The molecule has 2 rings (SSSR count). The van der Waals surface area contributed by atoms with E-state index >= 15 is 0 Å². The minimum Gasteiger partial charge on any atom is -0.333 e. The van der Waals surface area contributed by atoms with Gasteiger partial charge in [0.2, 0.25) is 5.91 Å². The van der Waals surface area contributed by atoms with E-state index in [0.717, 1.165) is 12.5 Å². The summed E-state index contributed by atoms with van der Waals surface area (Å²) in [4.78, 5) is 20.6. The highest BCUT2D eigenvalue weighted by Gasteiger charge is 2.36. The fourth-order valence-corrected chi connectivity index (χ4v) is 2.30. The first-order chi connectivity index (χ1) is 8.79. The summed E-state index contributed by atoms with van der Waals surface area (Å²) in [7, 11) is 0. The van der Waals surface area contributed by atoms with E-state index < -0.39 is 17.9 Å². The number of halogens is 3. The SMILES string of the molecule is CC(=O)N1CCCC1c1nc(C)cc(C(F)(F)F)n1. The molecule has 2 heterocycles. The molecule has 1 atom stereocenters. The highest BCUT2D eigenvalue weighted by molar-refractivity contribution is 5.74. The van der Waals surface area contributed by atoms with Crippen LogP contribution in [0.2, 0.25) is 0 Å². The number of amides is 1. The molecule has 1 aliphatic rings. The minimum atomic E-state index is -4.50. The summed E-state index contributed by atoms with van der Waals surface area (Å²) < 4.78 is 38.2. The zero-order valence-corrected chi connectivity index (χ0v) is 10.7. The topological polar surface area (TPSA) is 46.1 Å². The number of carbonyl (C=O) groups is 1. The summed E-state index contributed by atoms with van der Waals surface area (Å²) in [6.45, 7) is 3.44. The van der Waals surface area contributed by atoms with E-state index in [2.05, 4.69) is 9.97 Å². The van der Waals surface area contributed by atoms with Crippen LogP contribution in [0.15, 0.2) is 6.07 Å². The molecule has 0 spiro atoms. The van der Waals surface area contributed by atoms with E-state index in [1.807, 2.05) is 0 Å². The fraction of sp³-hybridized carbons (Fsp3) is 0.583. The second kappa shape index (κ2) is 4.79. The number of aromatic nitrogens is 2. The average molecular weight is 273 g/mol. The Morgan fingerprint density at radius 2 is 2.11 bits per heavy atom. The van der Waals surface area contributed by atoms with Crippen molar-refractivity contribution in [2.75, 3.05) is 6.54 Å². The van der Waals surface area contributed by atoms with E-state index in [-0.39, 0.29) is 17.4 Å². The van der Waals surface area contributed by atoms with Crippen molar-refractivity contribution in [3.63, 3.8) is 0 Å². The van der Waals surface area contributed by atoms with Crippen molar-refractivity contribution < 1.29 is 18.0 Å². The summed E-state index contributed by atoms with van der Waals surface area (Å²) in [6, 6.07) is 0.467. The molecule has 1 aromatic rings. The molecule has 0 radical (unpaired) electrons. The summed E-state index contributed by atoms with van der Waals surface area (Å²) in [5.41, 5.74) is -0.696. The third-order valence-electron chi connectivity index (χ3n) is 3.12. The molecular weight excluding hydrogens is 259 g/mol. The lowest BCUT2D eigenvalue weighted by Gasteiger charge is -2.22. The van der Waals surface area contributed by atoms with Crippen molar-refractivity contribution in [1.82, 2.24) is 14.9 Å². The zero-order chi connectivity index (χ0) is 14.2. The van der Waals surface area contributed by atoms with Crippen LogP contribution < -0.4 is 0 Å². The molecule has 7 heteroatoms. The smallest absolute Gasteiger partial charge is 0.333 e. The van der Waals surface area contributed by atoms with Gasteiger partial charge in [0, 0.05) is 19.2 Å². The van der Waals surface area contributed by atoms with Crippen molar-refractivity contribution in [3.05, 3.63) is 23.3 Å². The predicted molar refractivity (Wildman–Crippen MR) is 61.1 cm³/mol. The number of alkyl halides is 3. The number of likely N-dealkylation sites (tertiary alicyclic amines) is 1. The zero-order valence-electron chi connectivity index (χ0n) is 10.7. The van der Waals surface area contributed by atoms with Crippen LogP contribution in [0.3, 0.4) is 0 Å². The van der Waals surface area contributed by atoms with E-state index in [9.17, 15) is 18.0 Å². The Labute approximate surface area is 108 Å². The fourth-order valence-electron chi connectivity index (χ4n) is 2.30. The van der Waals surface area contributed by atoms with Crippen molar-refractivity contribution >= 4 is 5.91 Å². The molecule has 1 saturated heterocycles. The maximum Gasteiger partial charge on any atom is 0.433 e. The maximum absolute atomic E-state index is 12.7. The third kappa shape index (κ3) is 2.85. The van der Waals surface area contributed by atoms with Gasteiger partial charge in [0.15, 0.2) is 5.82 Å². The predicted octanol–water partition coefficient (Wildman–Crippen LogP) is 2.49. The van der Waals surface area contributed by atoms with E-state index in [1.165, 1.54) is 18.7 Å². The van der Waals surface area contributed by atoms with Crippen molar-refractivity contribution in [2.45, 2.75) is 38.9 Å². The lowest BCUT2D eigenvalue weighted by Crippen LogP contribution is -2.29. The highest BCUT2D eigenvalue weighted by Crippen LogP contribution is 2.33. The van der Waals surface area contributed by atoms with Crippen LogP contribution in [0.5, 0.6) is 0 Å². The summed E-state index contributed by atoms with van der Waals surface area (Å²) in [5, 5.41) is 0. The molecular formula is C12H14F3N3O. The van der Waals surface area contributed by atoms with Gasteiger partial charge in [-0.2, -0.15) is 13.2 Å². The number of aryl methyl sites for hydroxylation is 1. The summed E-state index contributed by atoms with van der Waals surface area (Å²) >= 11 is 0. The number of rotatable bonds is 1. The standard InChI is InChI=1S/C12H14F3N3O/c1-7-6-10(12(13,14)15)17-11(16-7)9-4-3-5-18(9)8(2)19/h6,9H,3-5H2,1-2H3.